The minimum atomic E-state index is -4.73. The molecule has 2 aliphatic carbocycles. The van der Waals surface area contributed by atoms with Crippen molar-refractivity contribution in [2.75, 3.05) is 0 Å². The third-order valence-corrected chi connectivity index (χ3v) is 2.96. The fraction of sp³-hybridized carbons (Fsp3) is 0.875. The van der Waals surface area contributed by atoms with E-state index in [0.717, 1.165) is 19.3 Å². The Morgan fingerprint density at radius 1 is 1.23 bits per heavy atom. The van der Waals surface area contributed by atoms with E-state index in [2.05, 4.69) is 0 Å². The Kier molecular flexibility index (Phi) is 1.78. The molecule has 0 aromatic rings. The molecule has 0 saturated heterocycles. The fourth-order valence-electron chi connectivity index (χ4n) is 2.27. The predicted octanol–water partition coefficient (Wildman–Crippen LogP) is 1.46. The molecule has 1 amide bonds. The van der Waals surface area contributed by atoms with Crippen molar-refractivity contribution < 1.29 is 18.0 Å². The summed E-state index contributed by atoms with van der Waals surface area (Å²) in [4.78, 5) is 10.5. The van der Waals surface area contributed by atoms with Crippen molar-refractivity contribution in [3.05, 3.63) is 0 Å². The Balaban J connectivity index is 1.84. The summed E-state index contributed by atoms with van der Waals surface area (Å²) in [5, 5.41) is 2.03. The topological polar surface area (TPSA) is 29.1 Å². The Morgan fingerprint density at radius 3 is 2.23 bits per heavy atom. The molecule has 2 fully saturated rings. The van der Waals surface area contributed by atoms with Gasteiger partial charge in [-0.25, -0.2) is 0 Å². The summed E-state index contributed by atoms with van der Waals surface area (Å²) in [5.74, 6) is -1.13. The van der Waals surface area contributed by atoms with Gasteiger partial charge in [0.05, 0.1) is 0 Å². The molecule has 2 nitrogen and oxygen atoms in total. The predicted molar refractivity (Wildman–Crippen MR) is 38.8 cm³/mol. The number of amides is 1. The second-order valence-corrected chi connectivity index (χ2v) is 3.76. The lowest BCUT2D eigenvalue weighted by Crippen LogP contribution is -2.39. The van der Waals surface area contributed by atoms with Crippen molar-refractivity contribution in [3.63, 3.8) is 0 Å². The maximum Gasteiger partial charge on any atom is 0.471 e. The molecule has 13 heavy (non-hydrogen) atoms. The molecule has 5 heteroatoms. The monoisotopic (exact) mass is 193 g/mol. The molecule has 2 unspecified atom stereocenters. The van der Waals surface area contributed by atoms with Gasteiger partial charge in [0.25, 0.3) is 0 Å². The lowest BCUT2D eigenvalue weighted by molar-refractivity contribution is -0.173. The van der Waals surface area contributed by atoms with E-state index in [1.807, 2.05) is 5.32 Å². The fourth-order valence-corrected chi connectivity index (χ4v) is 2.27. The van der Waals surface area contributed by atoms with Gasteiger partial charge in [0.2, 0.25) is 0 Å². The number of carbonyl (C=O) groups is 1. The molecule has 0 heterocycles. The number of alkyl halides is 3. The maximum absolute atomic E-state index is 11.8. The van der Waals surface area contributed by atoms with Crippen LogP contribution < -0.4 is 5.32 Å². The largest absolute Gasteiger partial charge is 0.471 e. The van der Waals surface area contributed by atoms with E-state index in [9.17, 15) is 18.0 Å². The lowest BCUT2D eigenvalue weighted by atomic mass is 10.2. The molecule has 0 spiro atoms. The molecule has 0 aromatic heterocycles. The normalized spacial score (nSPS) is 37.0. The zero-order valence-corrected chi connectivity index (χ0v) is 6.90. The summed E-state index contributed by atoms with van der Waals surface area (Å²) in [6.45, 7) is 0. The van der Waals surface area contributed by atoms with E-state index in [4.69, 9.17) is 0 Å². The van der Waals surface area contributed by atoms with Gasteiger partial charge >= 0.3 is 12.1 Å². The van der Waals surface area contributed by atoms with Gasteiger partial charge in [-0.2, -0.15) is 13.2 Å². The first-order valence-electron chi connectivity index (χ1n) is 4.38. The molecule has 2 rings (SSSR count). The van der Waals surface area contributed by atoms with Crippen molar-refractivity contribution in [1.29, 1.82) is 0 Å². The van der Waals surface area contributed by atoms with Crippen LogP contribution in [0.4, 0.5) is 13.2 Å². The molecule has 0 bridgehead atoms. The zero-order valence-electron chi connectivity index (χ0n) is 6.90. The number of nitrogens with one attached hydrogen (secondary N) is 1. The highest BCUT2D eigenvalue weighted by molar-refractivity contribution is 5.82. The standard InChI is InChI=1S/C8H10F3NO/c9-8(10,11)7(13)12-6-4-2-1-3-5(4)6/h4-6H,1-3H2,(H,12,13). The van der Waals surface area contributed by atoms with Crippen LogP contribution in [0, 0.1) is 11.8 Å². The molecule has 2 aliphatic rings. The number of rotatable bonds is 1. The number of halogens is 3. The quantitative estimate of drug-likeness (QED) is 0.671. The Bertz CT molecular complexity index is 228. The van der Waals surface area contributed by atoms with Crippen LogP contribution in [0.2, 0.25) is 0 Å². The van der Waals surface area contributed by atoms with Gasteiger partial charge in [-0.15, -0.1) is 0 Å². The molecule has 0 radical (unpaired) electrons. The van der Waals surface area contributed by atoms with Crippen molar-refractivity contribution >= 4 is 5.91 Å². The van der Waals surface area contributed by atoms with E-state index in [-0.39, 0.29) is 6.04 Å². The molecule has 0 aliphatic heterocycles. The Hall–Kier alpha value is -0.740. The first-order valence-corrected chi connectivity index (χ1v) is 4.38. The van der Waals surface area contributed by atoms with Gasteiger partial charge in [0.15, 0.2) is 0 Å². The van der Waals surface area contributed by atoms with Gasteiger partial charge in [-0.1, -0.05) is 6.42 Å². The molecule has 74 valence electrons. The van der Waals surface area contributed by atoms with Crippen LogP contribution in [0.15, 0.2) is 0 Å². The maximum atomic E-state index is 11.8. The second kappa shape index (κ2) is 2.62. The molecule has 2 atom stereocenters. The van der Waals surface area contributed by atoms with Crippen molar-refractivity contribution in [2.45, 2.75) is 31.5 Å². The van der Waals surface area contributed by atoms with Crippen LogP contribution in [-0.4, -0.2) is 18.1 Å². The zero-order chi connectivity index (χ0) is 9.64. The molecule has 0 aromatic carbocycles. The van der Waals surface area contributed by atoms with Gasteiger partial charge < -0.3 is 5.32 Å². The molecular weight excluding hydrogens is 183 g/mol. The highest BCUT2D eigenvalue weighted by atomic mass is 19.4. The van der Waals surface area contributed by atoms with Crippen molar-refractivity contribution in [3.8, 4) is 0 Å². The van der Waals surface area contributed by atoms with E-state index < -0.39 is 12.1 Å². The van der Waals surface area contributed by atoms with E-state index >= 15 is 0 Å². The van der Waals surface area contributed by atoms with E-state index in [1.54, 1.807) is 0 Å². The first-order chi connectivity index (χ1) is 6.00. The highest BCUT2D eigenvalue weighted by Gasteiger charge is 2.55. The van der Waals surface area contributed by atoms with E-state index in [0.29, 0.717) is 11.8 Å². The summed E-state index contributed by atoms with van der Waals surface area (Å²) >= 11 is 0. The third kappa shape index (κ3) is 1.51. The summed E-state index contributed by atoms with van der Waals surface area (Å²) in [7, 11) is 0. The summed E-state index contributed by atoms with van der Waals surface area (Å²) in [6, 6.07) is -0.192. The number of hydrogen-bond donors (Lipinski definition) is 1. The van der Waals surface area contributed by atoms with E-state index in [1.165, 1.54) is 0 Å². The van der Waals surface area contributed by atoms with Crippen molar-refractivity contribution in [1.82, 2.24) is 5.32 Å². The average Bonchev–Trinajstić information content (AvgIpc) is 2.47. The second-order valence-electron chi connectivity index (χ2n) is 3.76. The van der Waals surface area contributed by atoms with Crippen LogP contribution >= 0.6 is 0 Å². The van der Waals surface area contributed by atoms with Gasteiger partial charge in [-0.05, 0) is 24.7 Å². The SMILES string of the molecule is O=C(NC1C2CCCC21)C(F)(F)F. The first kappa shape index (κ1) is 8.84. The van der Waals surface area contributed by atoms with Crippen LogP contribution in [0.1, 0.15) is 19.3 Å². The summed E-state index contributed by atoms with van der Waals surface area (Å²) in [6.07, 6.45) is -1.70. The average molecular weight is 193 g/mol. The Morgan fingerprint density at radius 2 is 1.77 bits per heavy atom. The van der Waals surface area contributed by atoms with Crippen LogP contribution in [-0.2, 0) is 4.79 Å². The summed E-state index contributed by atoms with van der Waals surface area (Å²) < 4.78 is 35.4. The van der Waals surface area contributed by atoms with Gasteiger partial charge in [-0.3, -0.25) is 4.79 Å². The highest BCUT2D eigenvalue weighted by Crippen LogP contribution is 2.52. The molecule has 2 saturated carbocycles. The van der Waals surface area contributed by atoms with Gasteiger partial charge in [0, 0.05) is 6.04 Å². The third-order valence-electron chi connectivity index (χ3n) is 2.96. The van der Waals surface area contributed by atoms with Crippen LogP contribution in [0.25, 0.3) is 0 Å². The minimum Gasteiger partial charge on any atom is -0.345 e. The van der Waals surface area contributed by atoms with Gasteiger partial charge in [0.1, 0.15) is 0 Å². The minimum absolute atomic E-state index is 0.192. The number of fused-ring (bicyclic) bond motifs is 1. The Labute approximate surface area is 73.5 Å². The molecule has 1 N–H and O–H groups in total. The van der Waals surface area contributed by atoms with Crippen LogP contribution in [0.5, 0.6) is 0 Å². The number of carbonyl (C=O) groups excluding carboxylic acids is 1. The summed E-state index contributed by atoms with van der Waals surface area (Å²) in [5.41, 5.74) is 0. The van der Waals surface area contributed by atoms with Crippen LogP contribution in [0.3, 0.4) is 0 Å². The lowest BCUT2D eigenvalue weighted by Gasteiger charge is -2.08. The number of hydrogen-bond acceptors (Lipinski definition) is 1. The smallest absolute Gasteiger partial charge is 0.345 e. The van der Waals surface area contributed by atoms with Crippen molar-refractivity contribution in [2.24, 2.45) is 11.8 Å². The molecular formula is C8H10F3NO.